The lowest BCUT2D eigenvalue weighted by atomic mass is 9.93. The standard InChI is InChI=1S/C28H33F3N6O2/c1-39-22-4-2-19(24(29)17-22)8-13-37-18-33-25-16-21(3-5-23(25)26(37)38)35-27(36-14-11-32-12-15-36)34-20-6-9-28(30,31)10-7-20/h2-5,16-18,20,32H,6-15H2,1H3,(H,34,35). The minimum Gasteiger partial charge on any atom is -0.497 e. The minimum atomic E-state index is -2.60. The molecule has 2 fully saturated rings. The van der Waals surface area contributed by atoms with E-state index in [0.717, 1.165) is 26.2 Å². The number of ether oxygens (including phenoxy) is 1. The van der Waals surface area contributed by atoms with E-state index < -0.39 is 5.92 Å². The second kappa shape index (κ2) is 11.6. The Morgan fingerprint density at radius 1 is 1.18 bits per heavy atom. The SMILES string of the molecule is COc1ccc(CCn2cnc3cc(NC(=NC4CCC(F)(F)CC4)N4CCNCC4)ccc3c2=O)c(F)c1. The van der Waals surface area contributed by atoms with Crippen LogP contribution in [0.3, 0.4) is 0 Å². The lowest BCUT2D eigenvalue weighted by Crippen LogP contribution is -2.49. The van der Waals surface area contributed by atoms with E-state index in [1.165, 1.54) is 24.1 Å². The van der Waals surface area contributed by atoms with Crippen LogP contribution in [-0.2, 0) is 13.0 Å². The summed E-state index contributed by atoms with van der Waals surface area (Å²) in [5, 5.41) is 7.13. The molecule has 0 radical (unpaired) electrons. The summed E-state index contributed by atoms with van der Waals surface area (Å²) < 4.78 is 48.2. The Hall–Kier alpha value is -3.60. The lowest BCUT2D eigenvalue weighted by Gasteiger charge is -2.33. The summed E-state index contributed by atoms with van der Waals surface area (Å²) in [7, 11) is 1.48. The Labute approximate surface area is 224 Å². The third kappa shape index (κ3) is 6.52. The fraction of sp³-hybridized carbons (Fsp3) is 0.464. The number of benzene rings is 2. The third-order valence-electron chi connectivity index (χ3n) is 7.37. The number of nitrogens with one attached hydrogen (secondary N) is 2. The van der Waals surface area contributed by atoms with Gasteiger partial charge in [0, 0.05) is 57.3 Å². The van der Waals surface area contributed by atoms with E-state index in [1.807, 2.05) is 0 Å². The van der Waals surface area contributed by atoms with Crippen LogP contribution >= 0.6 is 0 Å². The molecule has 1 aromatic heterocycles. The van der Waals surface area contributed by atoms with Crippen molar-refractivity contribution in [3.8, 4) is 5.75 Å². The number of hydrogen-bond donors (Lipinski definition) is 2. The molecule has 2 N–H and O–H groups in total. The number of fused-ring (bicyclic) bond motifs is 1. The van der Waals surface area contributed by atoms with E-state index in [1.54, 1.807) is 30.3 Å². The number of halogens is 3. The van der Waals surface area contributed by atoms with E-state index >= 15 is 0 Å². The van der Waals surface area contributed by atoms with Gasteiger partial charge in [0.15, 0.2) is 5.96 Å². The van der Waals surface area contributed by atoms with Crippen LogP contribution in [0.5, 0.6) is 5.75 Å². The molecule has 1 aliphatic heterocycles. The monoisotopic (exact) mass is 542 g/mol. The highest BCUT2D eigenvalue weighted by Crippen LogP contribution is 2.34. The molecule has 1 aliphatic carbocycles. The minimum absolute atomic E-state index is 0.146. The zero-order valence-corrected chi connectivity index (χ0v) is 21.9. The van der Waals surface area contributed by atoms with Crippen molar-refractivity contribution in [1.82, 2.24) is 19.8 Å². The summed E-state index contributed by atoms with van der Waals surface area (Å²) in [6, 6.07) is 9.81. The van der Waals surface area contributed by atoms with Gasteiger partial charge < -0.3 is 20.3 Å². The van der Waals surface area contributed by atoms with Crippen LogP contribution in [0.25, 0.3) is 10.9 Å². The van der Waals surface area contributed by atoms with Crippen molar-refractivity contribution in [1.29, 1.82) is 0 Å². The second-order valence-corrected chi connectivity index (χ2v) is 10.1. The van der Waals surface area contributed by atoms with Crippen LogP contribution in [0.15, 0.2) is 52.5 Å². The number of hydrogen-bond acceptors (Lipinski definition) is 5. The van der Waals surface area contributed by atoms with E-state index in [-0.39, 0.29) is 36.8 Å². The van der Waals surface area contributed by atoms with Crippen LogP contribution in [0.4, 0.5) is 18.9 Å². The highest BCUT2D eigenvalue weighted by Gasteiger charge is 2.35. The van der Waals surface area contributed by atoms with Gasteiger partial charge in [-0.2, -0.15) is 0 Å². The van der Waals surface area contributed by atoms with E-state index in [4.69, 9.17) is 9.73 Å². The molecule has 208 valence electrons. The predicted octanol–water partition coefficient (Wildman–Crippen LogP) is 4.04. The smallest absolute Gasteiger partial charge is 0.261 e. The molecule has 8 nitrogen and oxygen atoms in total. The third-order valence-corrected chi connectivity index (χ3v) is 7.37. The first-order valence-electron chi connectivity index (χ1n) is 13.3. The molecule has 39 heavy (non-hydrogen) atoms. The first-order valence-corrected chi connectivity index (χ1v) is 13.3. The van der Waals surface area contributed by atoms with Gasteiger partial charge in [0.05, 0.1) is 30.4 Å². The number of rotatable bonds is 6. The predicted molar refractivity (Wildman–Crippen MR) is 145 cm³/mol. The van der Waals surface area contributed by atoms with Crippen LogP contribution in [0.2, 0.25) is 0 Å². The Kier molecular flexibility index (Phi) is 8.06. The van der Waals surface area contributed by atoms with Gasteiger partial charge in [-0.1, -0.05) is 6.07 Å². The number of alkyl halides is 2. The molecular weight excluding hydrogens is 509 g/mol. The van der Waals surface area contributed by atoms with Crippen LogP contribution in [-0.4, -0.2) is 65.7 Å². The Balaban J connectivity index is 1.33. The summed E-state index contributed by atoms with van der Waals surface area (Å²) in [5.41, 5.74) is 1.52. The number of piperazine rings is 1. The summed E-state index contributed by atoms with van der Waals surface area (Å²) in [5.74, 6) is -1.89. The summed E-state index contributed by atoms with van der Waals surface area (Å²) in [4.78, 5) is 24.6. The quantitative estimate of drug-likeness (QED) is 0.362. The van der Waals surface area contributed by atoms with Crippen molar-refractivity contribution in [2.75, 3.05) is 38.6 Å². The number of nitrogens with zero attached hydrogens (tertiary/aromatic N) is 4. The maximum atomic E-state index is 14.3. The number of anilines is 1. The maximum Gasteiger partial charge on any atom is 0.261 e. The molecule has 0 bridgehead atoms. The molecule has 2 heterocycles. The molecule has 0 amide bonds. The van der Waals surface area contributed by atoms with Crippen molar-refractivity contribution >= 4 is 22.5 Å². The van der Waals surface area contributed by atoms with Crippen LogP contribution in [0.1, 0.15) is 31.2 Å². The topological polar surface area (TPSA) is 83.8 Å². The normalized spacial score (nSPS) is 18.4. The van der Waals surface area contributed by atoms with Gasteiger partial charge >= 0.3 is 0 Å². The second-order valence-electron chi connectivity index (χ2n) is 10.1. The number of aliphatic imine (C=N–C) groups is 1. The summed E-state index contributed by atoms with van der Waals surface area (Å²) in [6.45, 7) is 3.40. The zero-order valence-electron chi connectivity index (χ0n) is 21.9. The van der Waals surface area contributed by atoms with Crippen molar-refractivity contribution in [2.24, 2.45) is 4.99 Å². The van der Waals surface area contributed by atoms with Crippen molar-refractivity contribution in [3.63, 3.8) is 0 Å². The van der Waals surface area contributed by atoms with Crippen LogP contribution in [0, 0.1) is 5.82 Å². The lowest BCUT2D eigenvalue weighted by molar-refractivity contribution is -0.0374. The average molecular weight is 543 g/mol. The number of aromatic nitrogens is 2. The molecular formula is C28H33F3N6O2. The first kappa shape index (κ1) is 27.0. The molecule has 2 aliphatic rings. The van der Waals surface area contributed by atoms with Crippen molar-refractivity contribution in [2.45, 2.75) is 50.6 Å². The van der Waals surface area contributed by atoms with Gasteiger partial charge in [-0.25, -0.2) is 23.1 Å². The maximum absolute atomic E-state index is 14.3. The molecule has 1 saturated heterocycles. The number of guanidine groups is 1. The van der Waals surface area contributed by atoms with E-state index in [0.29, 0.717) is 53.1 Å². The molecule has 0 unspecified atom stereocenters. The van der Waals surface area contributed by atoms with Gasteiger partial charge in [-0.15, -0.1) is 0 Å². The molecule has 3 aromatic rings. The Morgan fingerprint density at radius 2 is 1.95 bits per heavy atom. The fourth-order valence-electron chi connectivity index (χ4n) is 5.02. The van der Waals surface area contributed by atoms with Crippen molar-refractivity contribution in [3.05, 3.63) is 64.5 Å². The zero-order chi connectivity index (χ0) is 27.4. The summed E-state index contributed by atoms with van der Waals surface area (Å²) in [6.07, 6.45) is 2.22. The Bertz CT molecular complexity index is 1390. The Morgan fingerprint density at radius 3 is 2.67 bits per heavy atom. The van der Waals surface area contributed by atoms with E-state index in [9.17, 15) is 18.0 Å². The number of methoxy groups -OCH3 is 1. The summed E-state index contributed by atoms with van der Waals surface area (Å²) >= 11 is 0. The van der Waals surface area contributed by atoms with Crippen LogP contribution < -0.4 is 20.9 Å². The van der Waals surface area contributed by atoms with Gasteiger partial charge in [-0.3, -0.25) is 9.36 Å². The molecule has 5 rings (SSSR count). The molecule has 0 spiro atoms. The fourth-order valence-corrected chi connectivity index (χ4v) is 5.02. The molecule has 11 heteroatoms. The molecule has 2 aromatic carbocycles. The molecule has 0 atom stereocenters. The average Bonchev–Trinajstić information content (AvgIpc) is 2.94. The van der Waals surface area contributed by atoms with Gasteiger partial charge in [0.1, 0.15) is 11.6 Å². The first-order chi connectivity index (χ1) is 18.8. The highest BCUT2D eigenvalue weighted by molar-refractivity contribution is 5.95. The largest absolute Gasteiger partial charge is 0.497 e. The number of aryl methyl sites for hydroxylation is 2. The van der Waals surface area contributed by atoms with Gasteiger partial charge in [-0.05, 0) is 49.1 Å². The van der Waals surface area contributed by atoms with Crippen molar-refractivity contribution < 1.29 is 17.9 Å². The van der Waals surface area contributed by atoms with Gasteiger partial charge in [0.2, 0.25) is 5.92 Å². The van der Waals surface area contributed by atoms with E-state index in [2.05, 4.69) is 20.5 Å². The highest BCUT2D eigenvalue weighted by atomic mass is 19.3. The van der Waals surface area contributed by atoms with Gasteiger partial charge in [0.25, 0.3) is 5.56 Å². The molecule has 1 saturated carbocycles.